The SMILES string of the molecule is COc1ccc2c(c1)C(=O)N[C@@]1(CC2)CCN(C(=O)c2ccncc2)C1. The number of benzene rings is 1. The van der Waals surface area contributed by atoms with Crippen molar-refractivity contribution < 1.29 is 14.3 Å². The molecule has 1 N–H and O–H groups in total. The number of rotatable bonds is 2. The van der Waals surface area contributed by atoms with Gasteiger partial charge in [0, 0.05) is 36.6 Å². The van der Waals surface area contributed by atoms with Gasteiger partial charge in [0.25, 0.3) is 11.8 Å². The molecule has 0 unspecified atom stereocenters. The number of nitrogens with one attached hydrogen (secondary N) is 1. The molecule has 0 aliphatic carbocycles. The molecule has 6 nitrogen and oxygen atoms in total. The van der Waals surface area contributed by atoms with Crippen molar-refractivity contribution >= 4 is 11.8 Å². The summed E-state index contributed by atoms with van der Waals surface area (Å²) in [6.45, 7) is 1.17. The Hall–Kier alpha value is -2.89. The van der Waals surface area contributed by atoms with Gasteiger partial charge in [0.1, 0.15) is 5.75 Å². The first-order valence-electron chi connectivity index (χ1n) is 8.79. The van der Waals surface area contributed by atoms with E-state index < -0.39 is 0 Å². The molecular weight excluding hydrogens is 330 g/mol. The zero-order valence-electron chi connectivity index (χ0n) is 14.7. The summed E-state index contributed by atoms with van der Waals surface area (Å²) >= 11 is 0. The van der Waals surface area contributed by atoms with E-state index in [1.54, 1.807) is 37.7 Å². The van der Waals surface area contributed by atoms with E-state index in [0.717, 1.165) is 24.8 Å². The summed E-state index contributed by atoms with van der Waals surface area (Å²) in [5, 5.41) is 3.20. The van der Waals surface area contributed by atoms with Gasteiger partial charge < -0.3 is 15.0 Å². The molecule has 2 amide bonds. The highest BCUT2D eigenvalue weighted by atomic mass is 16.5. The Kier molecular flexibility index (Phi) is 4.11. The van der Waals surface area contributed by atoms with Crippen LogP contribution in [0.25, 0.3) is 0 Å². The monoisotopic (exact) mass is 351 g/mol. The Balaban J connectivity index is 1.54. The van der Waals surface area contributed by atoms with Gasteiger partial charge >= 0.3 is 0 Å². The Morgan fingerprint density at radius 1 is 1.23 bits per heavy atom. The minimum atomic E-state index is -0.369. The number of ether oxygens (including phenoxy) is 1. The molecule has 1 fully saturated rings. The van der Waals surface area contributed by atoms with Crippen molar-refractivity contribution in [3.8, 4) is 5.75 Å². The average molecular weight is 351 g/mol. The number of fused-ring (bicyclic) bond motifs is 1. The highest BCUT2D eigenvalue weighted by Gasteiger charge is 2.42. The molecule has 0 radical (unpaired) electrons. The van der Waals surface area contributed by atoms with Gasteiger partial charge in [-0.15, -0.1) is 0 Å². The lowest BCUT2D eigenvalue weighted by atomic mass is 9.91. The van der Waals surface area contributed by atoms with E-state index in [9.17, 15) is 9.59 Å². The van der Waals surface area contributed by atoms with Crippen molar-refractivity contribution in [2.75, 3.05) is 20.2 Å². The van der Waals surface area contributed by atoms with E-state index in [-0.39, 0.29) is 17.4 Å². The predicted octanol–water partition coefficient (Wildman–Crippen LogP) is 2.05. The number of hydrogen-bond acceptors (Lipinski definition) is 4. The van der Waals surface area contributed by atoms with Crippen LogP contribution in [0.3, 0.4) is 0 Å². The highest BCUT2D eigenvalue weighted by Crippen LogP contribution is 2.32. The second kappa shape index (κ2) is 6.44. The second-order valence-electron chi connectivity index (χ2n) is 6.97. The number of methoxy groups -OCH3 is 1. The van der Waals surface area contributed by atoms with Gasteiger partial charge in [0.2, 0.25) is 0 Å². The van der Waals surface area contributed by atoms with Gasteiger partial charge in [-0.05, 0) is 49.1 Å². The van der Waals surface area contributed by atoms with Crippen molar-refractivity contribution in [1.82, 2.24) is 15.2 Å². The van der Waals surface area contributed by atoms with Crippen LogP contribution in [0.4, 0.5) is 0 Å². The molecule has 2 aliphatic heterocycles. The third-order valence-corrected chi connectivity index (χ3v) is 5.38. The molecule has 0 bridgehead atoms. The maximum Gasteiger partial charge on any atom is 0.254 e. The summed E-state index contributed by atoms with van der Waals surface area (Å²) in [6, 6.07) is 9.08. The van der Waals surface area contributed by atoms with Crippen molar-refractivity contribution in [2.45, 2.75) is 24.8 Å². The first-order valence-corrected chi connectivity index (χ1v) is 8.79. The average Bonchev–Trinajstić information content (AvgIpc) is 3.04. The molecule has 2 aromatic rings. The molecule has 134 valence electrons. The van der Waals surface area contributed by atoms with E-state index in [2.05, 4.69) is 10.3 Å². The molecule has 6 heteroatoms. The number of pyridine rings is 1. The van der Waals surface area contributed by atoms with Crippen molar-refractivity contribution in [3.05, 3.63) is 59.4 Å². The van der Waals surface area contributed by atoms with Crippen LogP contribution in [-0.2, 0) is 6.42 Å². The molecule has 1 aromatic carbocycles. The maximum absolute atomic E-state index is 12.8. The van der Waals surface area contributed by atoms with Crippen LogP contribution < -0.4 is 10.1 Å². The topological polar surface area (TPSA) is 71.5 Å². The van der Waals surface area contributed by atoms with E-state index >= 15 is 0 Å². The third-order valence-electron chi connectivity index (χ3n) is 5.38. The Morgan fingerprint density at radius 3 is 2.81 bits per heavy atom. The van der Waals surface area contributed by atoms with E-state index in [0.29, 0.717) is 30.0 Å². The summed E-state index contributed by atoms with van der Waals surface area (Å²) in [6.07, 6.45) is 5.63. The van der Waals surface area contributed by atoms with Crippen molar-refractivity contribution in [2.24, 2.45) is 0 Å². The van der Waals surface area contributed by atoms with Gasteiger partial charge in [-0.3, -0.25) is 14.6 Å². The molecule has 3 heterocycles. The lowest BCUT2D eigenvalue weighted by Gasteiger charge is -2.29. The summed E-state index contributed by atoms with van der Waals surface area (Å²) in [4.78, 5) is 31.3. The summed E-state index contributed by atoms with van der Waals surface area (Å²) in [7, 11) is 1.59. The number of carbonyl (C=O) groups excluding carboxylic acids is 2. The van der Waals surface area contributed by atoms with Gasteiger partial charge in [0.05, 0.1) is 12.6 Å². The molecule has 1 saturated heterocycles. The molecule has 1 aromatic heterocycles. The van der Waals surface area contributed by atoms with Crippen LogP contribution in [0.1, 0.15) is 39.1 Å². The fourth-order valence-electron chi connectivity index (χ4n) is 3.89. The minimum absolute atomic E-state index is 0.0121. The molecule has 4 rings (SSSR count). The van der Waals surface area contributed by atoms with Crippen molar-refractivity contribution in [1.29, 1.82) is 0 Å². The van der Waals surface area contributed by atoms with Crippen LogP contribution in [0, 0.1) is 0 Å². The lowest BCUT2D eigenvalue weighted by Crippen LogP contribution is -2.50. The van der Waals surface area contributed by atoms with Crippen LogP contribution in [0.2, 0.25) is 0 Å². The lowest BCUT2D eigenvalue weighted by molar-refractivity contribution is 0.0764. The predicted molar refractivity (Wildman–Crippen MR) is 96.3 cm³/mol. The third kappa shape index (κ3) is 2.92. The number of nitrogens with zero attached hydrogens (tertiary/aromatic N) is 2. The normalized spacial score (nSPS) is 21.9. The largest absolute Gasteiger partial charge is 0.497 e. The fourth-order valence-corrected chi connectivity index (χ4v) is 3.89. The van der Waals surface area contributed by atoms with Crippen LogP contribution in [0.15, 0.2) is 42.7 Å². The molecule has 1 atom stereocenters. The van der Waals surface area contributed by atoms with E-state index in [1.165, 1.54) is 0 Å². The Labute approximate surface area is 152 Å². The summed E-state index contributed by atoms with van der Waals surface area (Å²) < 4.78 is 5.25. The molecule has 26 heavy (non-hydrogen) atoms. The van der Waals surface area contributed by atoms with Gasteiger partial charge in [-0.25, -0.2) is 0 Å². The number of amides is 2. The standard InChI is InChI=1S/C20H21N3O3/c1-26-16-3-2-14-4-7-20(22-18(24)17(14)12-16)8-11-23(13-20)19(25)15-5-9-21-10-6-15/h2-3,5-6,9-10,12H,4,7-8,11,13H2,1H3,(H,22,24)/t20-/m0/s1. The zero-order chi connectivity index (χ0) is 18.1. The maximum atomic E-state index is 12.8. The van der Waals surface area contributed by atoms with Crippen LogP contribution in [0.5, 0.6) is 5.75 Å². The first kappa shape index (κ1) is 16.6. The highest BCUT2D eigenvalue weighted by molar-refractivity contribution is 5.97. The number of hydrogen-bond donors (Lipinski definition) is 1. The first-order chi connectivity index (χ1) is 12.6. The zero-order valence-corrected chi connectivity index (χ0v) is 14.7. The van der Waals surface area contributed by atoms with E-state index in [1.807, 2.05) is 17.0 Å². The van der Waals surface area contributed by atoms with Crippen LogP contribution >= 0.6 is 0 Å². The van der Waals surface area contributed by atoms with Gasteiger partial charge in [0.15, 0.2) is 0 Å². The minimum Gasteiger partial charge on any atom is -0.497 e. The summed E-state index contributed by atoms with van der Waals surface area (Å²) in [5.74, 6) is 0.576. The Morgan fingerprint density at radius 2 is 2.04 bits per heavy atom. The number of carbonyl (C=O) groups is 2. The smallest absolute Gasteiger partial charge is 0.254 e. The number of aryl methyl sites for hydroxylation is 1. The fraction of sp³-hybridized carbons (Fsp3) is 0.350. The molecule has 2 aliphatic rings. The van der Waals surface area contributed by atoms with Crippen molar-refractivity contribution in [3.63, 3.8) is 0 Å². The van der Waals surface area contributed by atoms with Gasteiger partial charge in [-0.1, -0.05) is 6.07 Å². The Bertz CT molecular complexity index is 853. The molecule has 1 spiro atoms. The summed E-state index contributed by atoms with van der Waals surface area (Å²) in [5.41, 5.74) is 1.95. The number of aromatic nitrogens is 1. The van der Waals surface area contributed by atoms with Crippen LogP contribution in [-0.4, -0.2) is 47.4 Å². The quantitative estimate of drug-likeness (QED) is 0.899. The molecular formula is C20H21N3O3. The van der Waals surface area contributed by atoms with E-state index in [4.69, 9.17) is 4.74 Å². The second-order valence-corrected chi connectivity index (χ2v) is 6.97. The van der Waals surface area contributed by atoms with Gasteiger partial charge in [-0.2, -0.15) is 0 Å². The number of likely N-dealkylation sites (tertiary alicyclic amines) is 1. The molecule has 0 saturated carbocycles.